The third-order valence-corrected chi connectivity index (χ3v) is 2.56. The minimum Gasteiger partial charge on any atom is -0.478 e. The van der Waals surface area contributed by atoms with Gasteiger partial charge in [0.25, 0.3) is 0 Å². The molecule has 2 rings (SSSR count). The van der Waals surface area contributed by atoms with E-state index in [1.807, 2.05) is 0 Å². The van der Waals surface area contributed by atoms with Crippen LogP contribution in [-0.2, 0) is 4.74 Å². The smallest absolute Gasteiger partial charge is 0.201 e. The molecule has 0 aromatic carbocycles. The topological polar surface area (TPSA) is 33.6 Å². The van der Waals surface area contributed by atoms with Crippen LogP contribution in [-0.4, -0.2) is 31.1 Å². The van der Waals surface area contributed by atoms with Gasteiger partial charge in [0, 0.05) is 0 Å². The van der Waals surface area contributed by atoms with Crippen molar-refractivity contribution in [3.05, 3.63) is 0 Å². The maximum Gasteiger partial charge on any atom is 0.201 e. The molecule has 0 amide bonds. The van der Waals surface area contributed by atoms with Crippen LogP contribution in [0.3, 0.4) is 0 Å². The van der Waals surface area contributed by atoms with Crippen LogP contribution in [0.1, 0.15) is 26.2 Å². The first-order valence-electron chi connectivity index (χ1n) is 4.84. The molecule has 2 atom stereocenters. The summed E-state index contributed by atoms with van der Waals surface area (Å²) in [5, 5.41) is 3.39. The van der Waals surface area contributed by atoms with Crippen molar-refractivity contribution in [2.45, 2.75) is 38.3 Å². The number of nitrogens with zero attached hydrogens (tertiary/aromatic N) is 1. The second-order valence-corrected chi connectivity index (χ2v) is 3.49. The first-order valence-corrected chi connectivity index (χ1v) is 4.84. The normalized spacial score (nSPS) is 34.9. The molecule has 2 aliphatic heterocycles. The summed E-state index contributed by atoms with van der Waals surface area (Å²) in [6.07, 6.45) is 3.54. The molecule has 0 bridgehead atoms. The predicted octanol–water partition coefficient (Wildman–Crippen LogP) is 0.946. The molecule has 1 fully saturated rings. The predicted molar refractivity (Wildman–Crippen MR) is 48.5 cm³/mol. The molecule has 0 aromatic rings. The van der Waals surface area contributed by atoms with E-state index in [2.05, 4.69) is 17.2 Å². The molecule has 0 aliphatic carbocycles. The number of nitrogens with one attached hydrogen (secondary N) is 1. The minimum absolute atomic E-state index is 0.418. The van der Waals surface area contributed by atoms with E-state index < -0.39 is 0 Å². The monoisotopic (exact) mass is 168 g/mol. The van der Waals surface area contributed by atoms with Crippen LogP contribution in [0.5, 0.6) is 0 Å². The van der Waals surface area contributed by atoms with Gasteiger partial charge in [-0.05, 0) is 25.8 Å². The molecule has 12 heavy (non-hydrogen) atoms. The summed E-state index contributed by atoms with van der Waals surface area (Å²) in [5.41, 5.74) is 0. The van der Waals surface area contributed by atoms with Crippen LogP contribution in [0.25, 0.3) is 0 Å². The Kier molecular flexibility index (Phi) is 2.30. The Morgan fingerprint density at radius 2 is 2.58 bits per heavy atom. The first kappa shape index (κ1) is 8.05. The molecule has 0 radical (unpaired) electrons. The van der Waals surface area contributed by atoms with Gasteiger partial charge >= 0.3 is 0 Å². The summed E-state index contributed by atoms with van der Waals surface area (Å²) in [5.74, 6) is 0.958. The minimum atomic E-state index is 0.418. The summed E-state index contributed by atoms with van der Waals surface area (Å²) in [7, 11) is 0. The highest BCUT2D eigenvalue weighted by atomic mass is 16.5. The second-order valence-electron chi connectivity index (χ2n) is 3.49. The van der Waals surface area contributed by atoms with Gasteiger partial charge < -0.3 is 10.1 Å². The Labute approximate surface area is 73.2 Å². The highest BCUT2D eigenvalue weighted by molar-refractivity contribution is 5.83. The third-order valence-electron chi connectivity index (χ3n) is 2.56. The molecular formula is C9H16N2O. The van der Waals surface area contributed by atoms with Crippen molar-refractivity contribution >= 4 is 5.90 Å². The summed E-state index contributed by atoms with van der Waals surface area (Å²) in [6, 6.07) is 0.837. The van der Waals surface area contributed by atoms with Gasteiger partial charge in [-0.25, -0.2) is 4.99 Å². The van der Waals surface area contributed by atoms with Gasteiger partial charge in [0.1, 0.15) is 6.61 Å². The van der Waals surface area contributed by atoms with Crippen LogP contribution in [0.15, 0.2) is 4.99 Å². The van der Waals surface area contributed by atoms with Crippen LogP contribution >= 0.6 is 0 Å². The van der Waals surface area contributed by atoms with E-state index in [1.165, 1.54) is 12.8 Å². The van der Waals surface area contributed by atoms with E-state index in [-0.39, 0.29) is 0 Å². The van der Waals surface area contributed by atoms with Crippen molar-refractivity contribution < 1.29 is 4.74 Å². The zero-order chi connectivity index (χ0) is 8.39. The summed E-state index contributed by atoms with van der Waals surface area (Å²) in [6.45, 7) is 4.07. The highest BCUT2D eigenvalue weighted by Gasteiger charge is 2.26. The fourth-order valence-electron chi connectivity index (χ4n) is 1.73. The molecule has 3 heteroatoms. The first-order chi connectivity index (χ1) is 5.90. The molecule has 1 saturated heterocycles. The lowest BCUT2D eigenvalue weighted by atomic mass is 10.2. The van der Waals surface area contributed by atoms with Crippen molar-refractivity contribution in [1.82, 2.24) is 5.32 Å². The molecule has 0 spiro atoms. The average Bonchev–Trinajstić information content (AvgIpc) is 2.75. The lowest BCUT2D eigenvalue weighted by molar-refractivity contribution is 0.301. The lowest BCUT2D eigenvalue weighted by Gasteiger charge is -2.08. The van der Waals surface area contributed by atoms with E-state index in [4.69, 9.17) is 4.74 Å². The largest absolute Gasteiger partial charge is 0.478 e. The van der Waals surface area contributed by atoms with Gasteiger partial charge in [0.2, 0.25) is 5.90 Å². The molecule has 68 valence electrons. The van der Waals surface area contributed by atoms with Crippen LogP contribution in [0.4, 0.5) is 0 Å². The van der Waals surface area contributed by atoms with E-state index >= 15 is 0 Å². The van der Waals surface area contributed by atoms with E-state index in [1.54, 1.807) is 0 Å². The Hall–Kier alpha value is -0.570. The van der Waals surface area contributed by atoms with Crippen molar-refractivity contribution in [3.8, 4) is 0 Å². The molecule has 2 unspecified atom stereocenters. The Morgan fingerprint density at radius 3 is 3.17 bits per heavy atom. The highest BCUT2D eigenvalue weighted by Crippen LogP contribution is 2.15. The van der Waals surface area contributed by atoms with E-state index in [0.717, 1.165) is 25.5 Å². The number of hydrogen-bond acceptors (Lipinski definition) is 3. The molecular weight excluding hydrogens is 152 g/mol. The lowest BCUT2D eigenvalue weighted by Crippen LogP contribution is -2.30. The molecule has 2 aliphatic rings. The van der Waals surface area contributed by atoms with Gasteiger partial charge in [0.05, 0.1) is 12.1 Å². The maximum atomic E-state index is 5.53. The quantitative estimate of drug-likeness (QED) is 0.666. The number of ether oxygens (including phenoxy) is 1. The zero-order valence-corrected chi connectivity index (χ0v) is 7.55. The fraction of sp³-hybridized carbons (Fsp3) is 0.889. The summed E-state index contributed by atoms with van der Waals surface area (Å²) in [4.78, 5) is 4.52. The summed E-state index contributed by atoms with van der Waals surface area (Å²) < 4.78 is 5.53. The second kappa shape index (κ2) is 3.44. The fourth-order valence-corrected chi connectivity index (χ4v) is 1.73. The van der Waals surface area contributed by atoms with Gasteiger partial charge in [-0.15, -0.1) is 0 Å². The van der Waals surface area contributed by atoms with E-state index in [0.29, 0.717) is 12.1 Å². The Morgan fingerprint density at radius 1 is 1.67 bits per heavy atom. The molecule has 2 heterocycles. The molecule has 0 saturated carbocycles. The molecule has 1 N–H and O–H groups in total. The number of hydrogen-bond donors (Lipinski definition) is 1. The average molecular weight is 168 g/mol. The van der Waals surface area contributed by atoms with Crippen molar-refractivity contribution in [2.75, 3.05) is 13.2 Å². The number of aliphatic imine (C=N–C) groups is 1. The molecule has 0 aromatic heterocycles. The van der Waals surface area contributed by atoms with Crippen LogP contribution < -0.4 is 5.32 Å². The van der Waals surface area contributed by atoms with Crippen molar-refractivity contribution in [2.24, 2.45) is 4.99 Å². The maximum absolute atomic E-state index is 5.53. The van der Waals surface area contributed by atoms with Crippen molar-refractivity contribution in [1.29, 1.82) is 0 Å². The van der Waals surface area contributed by atoms with Gasteiger partial charge in [0.15, 0.2) is 0 Å². The van der Waals surface area contributed by atoms with Gasteiger partial charge in [-0.2, -0.15) is 0 Å². The van der Waals surface area contributed by atoms with Gasteiger partial charge in [-0.1, -0.05) is 6.92 Å². The standard InChI is InChI=1S/C9H16N2O/c1-2-7-6-12-9(11-7)8-4-3-5-10-8/h7-8,10H,2-6H2,1H3. The van der Waals surface area contributed by atoms with Crippen LogP contribution in [0, 0.1) is 0 Å². The van der Waals surface area contributed by atoms with E-state index in [9.17, 15) is 0 Å². The number of rotatable bonds is 2. The van der Waals surface area contributed by atoms with Crippen molar-refractivity contribution in [3.63, 3.8) is 0 Å². The molecule has 3 nitrogen and oxygen atoms in total. The third kappa shape index (κ3) is 1.46. The summed E-state index contributed by atoms with van der Waals surface area (Å²) >= 11 is 0. The van der Waals surface area contributed by atoms with Gasteiger partial charge in [-0.3, -0.25) is 0 Å². The zero-order valence-electron chi connectivity index (χ0n) is 7.55. The Balaban J connectivity index is 1.95. The Bertz CT molecular complexity index is 185. The SMILES string of the molecule is CCC1COC(C2CCCN2)=N1. The van der Waals surface area contributed by atoms with Crippen LogP contribution in [0.2, 0.25) is 0 Å².